The number of aromatic nitrogens is 4. The van der Waals surface area contributed by atoms with Gasteiger partial charge in [-0.05, 0) is 13.8 Å². The molecular weight excluding hydrogens is 553 g/mol. The average Bonchev–Trinajstić information content (AvgIpc) is 3.38. The zero-order valence-corrected chi connectivity index (χ0v) is 23.4. The van der Waals surface area contributed by atoms with E-state index in [1.54, 1.807) is 20.8 Å². The van der Waals surface area contributed by atoms with E-state index in [0.29, 0.717) is 0 Å². The Bertz CT molecular complexity index is 1320. The number of fused-ring (bicyclic) bond motifs is 1. The summed E-state index contributed by atoms with van der Waals surface area (Å²) in [6.07, 6.45) is -3.95. The van der Waals surface area contributed by atoms with Crippen molar-refractivity contribution in [2.75, 3.05) is 37.8 Å². The van der Waals surface area contributed by atoms with E-state index in [-0.39, 0.29) is 49.1 Å². The first-order valence-electron chi connectivity index (χ1n) is 12.5. The van der Waals surface area contributed by atoms with Crippen LogP contribution in [0.2, 0.25) is 0 Å². The molecule has 18 heteroatoms. The van der Waals surface area contributed by atoms with Crippen LogP contribution in [0.5, 0.6) is 0 Å². The molecule has 0 saturated carbocycles. The SMILES string of the molecule is CCOC(=O)CCNC(=O)[C@@H]1OP(=O)(OC[C@H]2O[C@@H](n3cnc4c(N)nc(N)nc43)[C@](C)(O)[C@@H]2O)OCC1(C)C. The highest BCUT2D eigenvalue weighted by atomic mass is 31.2. The van der Waals surface area contributed by atoms with Crippen LogP contribution in [0.3, 0.4) is 0 Å². The molecular formula is C22H34N7O10P. The minimum absolute atomic E-state index is 0.0106. The zero-order valence-electron chi connectivity index (χ0n) is 22.5. The van der Waals surface area contributed by atoms with E-state index in [1.807, 2.05) is 0 Å². The van der Waals surface area contributed by atoms with Gasteiger partial charge in [-0.15, -0.1) is 0 Å². The van der Waals surface area contributed by atoms with Gasteiger partial charge in [-0.25, -0.2) is 9.55 Å². The molecule has 17 nitrogen and oxygen atoms in total. The summed E-state index contributed by atoms with van der Waals surface area (Å²) in [5, 5.41) is 24.5. The number of nitrogen functional groups attached to an aromatic ring is 2. The first-order valence-corrected chi connectivity index (χ1v) is 14.0. The predicted molar refractivity (Wildman–Crippen MR) is 137 cm³/mol. The minimum Gasteiger partial charge on any atom is -0.466 e. The second-order valence-electron chi connectivity index (χ2n) is 10.3. The summed E-state index contributed by atoms with van der Waals surface area (Å²) in [6, 6.07) is 0. The highest BCUT2D eigenvalue weighted by Gasteiger charge is 2.55. The van der Waals surface area contributed by atoms with Crippen LogP contribution in [0.15, 0.2) is 6.33 Å². The molecule has 6 atom stereocenters. The summed E-state index contributed by atoms with van der Waals surface area (Å²) in [6.45, 7) is 5.87. The molecule has 1 amide bonds. The van der Waals surface area contributed by atoms with Crippen LogP contribution in [0, 0.1) is 5.41 Å². The number of nitrogens with zero attached hydrogens (tertiary/aromatic N) is 4. The Labute approximate surface area is 229 Å². The maximum absolute atomic E-state index is 13.3. The van der Waals surface area contributed by atoms with Gasteiger partial charge in [-0.1, -0.05) is 13.8 Å². The Balaban J connectivity index is 1.43. The number of anilines is 2. The van der Waals surface area contributed by atoms with Crippen LogP contribution in [-0.4, -0.2) is 91.9 Å². The maximum Gasteiger partial charge on any atom is 0.475 e. The molecule has 0 spiro atoms. The molecule has 2 fully saturated rings. The maximum atomic E-state index is 13.3. The van der Waals surface area contributed by atoms with Gasteiger partial charge in [0.15, 0.2) is 23.8 Å². The second kappa shape index (κ2) is 11.2. The molecule has 1 unspecified atom stereocenters. The average molecular weight is 588 g/mol. The highest BCUT2D eigenvalue weighted by molar-refractivity contribution is 7.48. The third kappa shape index (κ3) is 5.90. The molecule has 2 aromatic rings. The van der Waals surface area contributed by atoms with Crippen LogP contribution in [0.25, 0.3) is 11.2 Å². The normalized spacial score (nSPS) is 31.8. The van der Waals surface area contributed by atoms with Gasteiger partial charge in [0.05, 0.1) is 32.6 Å². The van der Waals surface area contributed by atoms with Crippen LogP contribution >= 0.6 is 7.82 Å². The van der Waals surface area contributed by atoms with Gasteiger partial charge in [-0.2, -0.15) is 9.97 Å². The lowest BCUT2D eigenvalue weighted by atomic mass is 9.87. The molecule has 2 aliphatic heterocycles. The fraction of sp³-hybridized carbons (Fsp3) is 0.682. The van der Waals surface area contributed by atoms with Gasteiger partial charge in [-0.3, -0.25) is 27.7 Å². The molecule has 4 rings (SSSR count). The largest absolute Gasteiger partial charge is 0.475 e. The first kappa shape index (κ1) is 30.0. The first-order chi connectivity index (χ1) is 18.7. The summed E-state index contributed by atoms with van der Waals surface area (Å²) in [5.41, 5.74) is 9.15. The fourth-order valence-corrected chi connectivity index (χ4v) is 6.03. The van der Waals surface area contributed by atoms with Crippen LogP contribution < -0.4 is 16.8 Å². The quantitative estimate of drug-likeness (QED) is 0.186. The molecule has 2 aliphatic rings. The topological polar surface area (TPSA) is 245 Å². The van der Waals surface area contributed by atoms with Crippen LogP contribution in [0.4, 0.5) is 11.8 Å². The number of hydrogen-bond acceptors (Lipinski definition) is 15. The third-order valence-corrected chi connectivity index (χ3v) is 7.96. The molecule has 0 aliphatic carbocycles. The molecule has 40 heavy (non-hydrogen) atoms. The fourth-order valence-electron chi connectivity index (χ4n) is 4.38. The van der Waals surface area contributed by atoms with Gasteiger partial charge in [0.25, 0.3) is 0 Å². The monoisotopic (exact) mass is 587 g/mol. The van der Waals surface area contributed by atoms with Crippen LogP contribution in [-0.2, 0) is 37.2 Å². The number of nitrogens with one attached hydrogen (secondary N) is 1. The van der Waals surface area contributed by atoms with Crippen molar-refractivity contribution in [3.8, 4) is 0 Å². The van der Waals surface area contributed by atoms with Gasteiger partial charge in [0, 0.05) is 12.0 Å². The van der Waals surface area contributed by atoms with Crippen molar-refractivity contribution in [3.05, 3.63) is 6.33 Å². The predicted octanol–water partition coefficient (Wildman–Crippen LogP) is -0.364. The number of ether oxygens (including phenoxy) is 2. The van der Waals surface area contributed by atoms with Crippen molar-refractivity contribution in [1.82, 2.24) is 24.8 Å². The number of phosphoric acid groups is 1. The number of amides is 1. The zero-order chi connectivity index (χ0) is 29.5. The molecule has 7 N–H and O–H groups in total. The van der Waals surface area contributed by atoms with E-state index in [9.17, 15) is 24.4 Å². The Morgan fingerprint density at radius 2 is 2.02 bits per heavy atom. The van der Waals surface area contributed by atoms with Crippen molar-refractivity contribution >= 4 is 42.6 Å². The Hall–Kier alpha value is -2.92. The summed E-state index contributed by atoms with van der Waals surface area (Å²) in [7, 11) is -4.32. The lowest BCUT2D eigenvalue weighted by Gasteiger charge is -2.39. The Kier molecular flexibility index (Phi) is 8.38. The summed E-state index contributed by atoms with van der Waals surface area (Å²) in [4.78, 5) is 36.4. The van der Waals surface area contributed by atoms with E-state index >= 15 is 0 Å². The van der Waals surface area contributed by atoms with Crippen molar-refractivity contribution in [2.24, 2.45) is 5.41 Å². The number of carbonyl (C=O) groups is 2. The number of imidazole rings is 1. The van der Waals surface area contributed by atoms with Gasteiger partial charge in [0.2, 0.25) is 11.9 Å². The molecule has 0 radical (unpaired) electrons. The lowest BCUT2D eigenvalue weighted by Crippen LogP contribution is -2.50. The minimum atomic E-state index is -4.32. The second-order valence-corrected chi connectivity index (χ2v) is 11.9. The third-order valence-electron chi connectivity index (χ3n) is 6.58. The van der Waals surface area contributed by atoms with E-state index in [0.717, 1.165) is 0 Å². The van der Waals surface area contributed by atoms with Crippen molar-refractivity contribution in [3.63, 3.8) is 0 Å². The summed E-state index contributed by atoms with van der Waals surface area (Å²) >= 11 is 0. The standard InChI is InChI=1S/C22H34N7O10P/c1-5-35-12(30)6-7-25-18(32)15-21(2,3)9-37-40(34,39-15)36-8-11-14(31)22(4,33)19(38-11)29-10-26-13-16(23)27-20(24)28-17(13)29/h10-11,14-15,19,31,33H,5-9H2,1-4H3,(H,25,32)(H4,23,24,27,28)/t11-,14-,15+,19-,22-,40?/m1/s1. The van der Waals surface area contributed by atoms with Gasteiger partial charge >= 0.3 is 13.8 Å². The number of rotatable bonds is 9. The van der Waals surface area contributed by atoms with Crippen molar-refractivity contribution in [1.29, 1.82) is 0 Å². The highest BCUT2D eigenvalue weighted by Crippen LogP contribution is 2.57. The molecule has 0 aromatic carbocycles. The number of hydrogen-bond donors (Lipinski definition) is 5. The number of esters is 1. The molecule has 2 saturated heterocycles. The van der Waals surface area contributed by atoms with Gasteiger partial charge in [0.1, 0.15) is 23.3 Å². The number of carbonyl (C=O) groups excluding carboxylic acids is 2. The molecule has 0 bridgehead atoms. The number of aliphatic hydroxyl groups excluding tert-OH is 1. The smallest absolute Gasteiger partial charge is 0.466 e. The number of phosphoric ester groups is 1. The van der Waals surface area contributed by atoms with E-state index in [1.165, 1.54) is 17.8 Å². The Morgan fingerprint density at radius 1 is 1.30 bits per heavy atom. The summed E-state index contributed by atoms with van der Waals surface area (Å²) < 4.78 is 41.6. The van der Waals surface area contributed by atoms with E-state index in [2.05, 4.69) is 20.3 Å². The number of aliphatic hydroxyl groups is 2. The Morgan fingerprint density at radius 3 is 2.73 bits per heavy atom. The lowest BCUT2D eigenvalue weighted by molar-refractivity contribution is -0.144. The van der Waals surface area contributed by atoms with Gasteiger partial charge < -0.3 is 36.5 Å². The van der Waals surface area contributed by atoms with E-state index in [4.69, 9.17) is 34.5 Å². The van der Waals surface area contributed by atoms with Crippen molar-refractivity contribution in [2.45, 2.75) is 64.3 Å². The van der Waals surface area contributed by atoms with Crippen molar-refractivity contribution < 1.29 is 47.4 Å². The van der Waals surface area contributed by atoms with E-state index < -0.39 is 61.9 Å². The van der Waals surface area contributed by atoms with Crippen LogP contribution in [0.1, 0.15) is 40.3 Å². The summed E-state index contributed by atoms with van der Waals surface area (Å²) in [5.74, 6) is -1.20. The molecule has 2 aromatic heterocycles. The molecule has 222 valence electrons. The number of nitrogens with two attached hydrogens (primary N) is 2. The molecule has 4 heterocycles.